The van der Waals surface area contributed by atoms with Crippen molar-refractivity contribution in [1.82, 2.24) is 9.97 Å². The van der Waals surface area contributed by atoms with E-state index in [2.05, 4.69) is 32.3 Å². The van der Waals surface area contributed by atoms with E-state index in [0.29, 0.717) is 22.9 Å². The van der Waals surface area contributed by atoms with E-state index in [4.69, 9.17) is 14.2 Å². The fraction of sp³-hybridized carbons (Fsp3) is 0.320. The van der Waals surface area contributed by atoms with Gasteiger partial charge in [-0.2, -0.15) is 0 Å². The van der Waals surface area contributed by atoms with Gasteiger partial charge in [0.25, 0.3) is 0 Å². The van der Waals surface area contributed by atoms with Crippen LogP contribution in [0, 0.1) is 5.92 Å². The second kappa shape index (κ2) is 11.1. The molecule has 3 aromatic rings. The second-order valence-electron chi connectivity index (χ2n) is 7.76. The predicted octanol–water partition coefficient (Wildman–Crippen LogP) is 4.51. The van der Waals surface area contributed by atoms with E-state index >= 15 is 0 Å². The third-order valence-electron chi connectivity index (χ3n) is 5.70. The normalized spacial score (nSPS) is 13.9. The molecule has 34 heavy (non-hydrogen) atoms. The molecule has 178 valence electrons. The van der Waals surface area contributed by atoms with Crippen LogP contribution < -0.4 is 24.4 Å². The van der Waals surface area contributed by atoms with E-state index in [1.54, 1.807) is 57.6 Å². The summed E-state index contributed by atoms with van der Waals surface area (Å²) >= 11 is 1.60. The number of carbonyl (C=O) groups excluding carboxylic acids is 1. The van der Waals surface area contributed by atoms with Crippen molar-refractivity contribution in [2.75, 3.05) is 44.6 Å². The highest BCUT2D eigenvalue weighted by Gasteiger charge is 2.27. The van der Waals surface area contributed by atoms with E-state index in [1.165, 1.54) is 0 Å². The van der Waals surface area contributed by atoms with E-state index < -0.39 is 0 Å². The third kappa shape index (κ3) is 5.36. The predicted molar refractivity (Wildman–Crippen MR) is 132 cm³/mol. The van der Waals surface area contributed by atoms with Crippen LogP contribution in [0.2, 0.25) is 0 Å². The maximum atomic E-state index is 13.0. The molecular formula is C25H28N4O4S. The molecule has 1 N–H and O–H groups in total. The number of hydrogen-bond acceptors (Lipinski definition) is 8. The number of benzene rings is 2. The molecule has 1 fully saturated rings. The molecule has 1 aromatic heterocycles. The zero-order chi connectivity index (χ0) is 23.9. The molecule has 0 radical (unpaired) electrons. The average molecular weight is 481 g/mol. The molecule has 1 aliphatic heterocycles. The first-order valence-corrected chi connectivity index (χ1v) is 11.8. The number of hydrogen-bond donors (Lipinski definition) is 1. The average Bonchev–Trinajstić information content (AvgIpc) is 2.89. The topological polar surface area (TPSA) is 85.8 Å². The summed E-state index contributed by atoms with van der Waals surface area (Å²) in [5.74, 6) is 2.23. The van der Waals surface area contributed by atoms with Crippen molar-refractivity contribution < 1.29 is 19.0 Å². The van der Waals surface area contributed by atoms with Gasteiger partial charge in [-0.05, 0) is 25.0 Å². The molecule has 4 rings (SSSR count). The fourth-order valence-electron chi connectivity index (χ4n) is 3.96. The van der Waals surface area contributed by atoms with Crippen LogP contribution in [0.3, 0.4) is 0 Å². The highest BCUT2D eigenvalue weighted by molar-refractivity contribution is 7.99. The largest absolute Gasteiger partial charge is 0.493 e. The highest BCUT2D eigenvalue weighted by atomic mass is 32.2. The Hall–Kier alpha value is -3.46. The molecule has 0 aliphatic carbocycles. The van der Waals surface area contributed by atoms with Crippen LogP contribution in [0.5, 0.6) is 17.2 Å². The molecule has 0 atom stereocenters. The molecule has 0 unspecified atom stereocenters. The summed E-state index contributed by atoms with van der Waals surface area (Å²) in [5, 5.41) is 3.88. The van der Waals surface area contributed by atoms with Crippen LogP contribution in [-0.4, -0.2) is 50.3 Å². The number of ether oxygens (including phenoxy) is 3. The van der Waals surface area contributed by atoms with E-state index in [9.17, 15) is 4.79 Å². The molecule has 2 aromatic carbocycles. The van der Waals surface area contributed by atoms with E-state index in [-0.39, 0.29) is 11.8 Å². The van der Waals surface area contributed by atoms with Crippen molar-refractivity contribution in [3.8, 4) is 17.2 Å². The Bertz CT molecular complexity index is 1100. The third-order valence-corrected chi connectivity index (χ3v) is 6.69. The van der Waals surface area contributed by atoms with Gasteiger partial charge in [0.1, 0.15) is 5.03 Å². The first-order valence-electron chi connectivity index (χ1n) is 11.0. The van der Waals surface area contributed by atoms with Gasteiger partial charge in [-0.1, -0.05) is 30.0 Å². The molecule has 2 heterocycles. The molecule has 1 amide bonds. The molecule has 0 saturated carbocycles. The number of amides is 1. The van der Waals surface area contributed by atoms with Gasteiger partial charge in [0, 0.05) is 54.1 Å². The van der Waals surface area contributed by atoms with Crippen molar-refractivity contribution >= 4 is 29.2 Å². The Morgan fingerprint density at radius 1 is 0.971 bits per heavy atom. The quantitative estimate of drug-likeness (QED) is 0.504. The molecule has 1 saturated heterocycles. The summed E-state index contributed by atoms with van der Waals surface area (Å²) in [5.41, 5.74) is 0.609. The summed E-state index contributed by atoms with van der Waals surface area (Å²) in [4.78, 5) is 25.5. The van der Waals surface area contributed by atoms with Gasteiger partial charge < -0.3 is 24.4 Å². The SMILES string of the molecule is COc1cc(NC(=O)C2CCN(c3nccnc3Sc3ccccc3)CC2)cc(OC)c1OC. The Kier molecular flexibility index (Phi) is 7.74. The van der Waals surface area contributed by atoms with Crippen molar-refractivity contribution in [2.45, 2.75) is 22.8 Å². The maximum absolute atomic E-state index is 13.0. The van der Waals surface area contributed by atoms with Gasteiger partial charge in [-0.25, -0.2) is 9.97 Å². The molecule has 8 nitrogen and oxygen atoms in total. The molecular weight excluding hydrogens is 452 g/mol. The number of rotatable bonds is 8. The fourth-order valence-corrected chi connectivity index (χ4v) is 4.86. The minimum absolute atomic E-state index is 0.0213. The van der Waals surface area contributed by atoms with Crippen molar-refractivity contribution in [2.24, 2.45) is 5.92 Å². The summed E-state index contributed by atoms with van der Waals surface area (Å²) in [6, 6.07) is 13.6. The van der Waals surface area contributed by atoms with Gasteiger partial charge in [0.2, 0.25) is 11.7 Å². The van der Waals surface area contributed by atoms with Crippen LogP contribution in [0.1, 0.15) is 12.8 Å². The molecule has 0 spiro atoms. The second-order valence-corrected chi connectivity index (χ2v) is 8.83. The summed E-state index contributed by atoms with van der Waals surface area (Å²) < 4.78 is 16.1. The van der Waals surface area contributed by atoms with Gasteiger partial charge in [0.05, 0.1) is 21.3 Å². The highest BCUT2D eigenvalue weighted by Crippen LogP contribution is 2.40. The number of piperidine rings is 1. The number of nitrogens with zero attached hydrogens (tertiary/aromatic N) is 3. The number of carbonyl (C=O) groups is 1. The van der Waals surface area contributed by atoms with Crippen LogP contribution in [-0.2, 0) is 4.79 Å². The number of methoxy groups -OCH3 is 3. The Labute approximate surface area is 203 Å². The minimum Gasteiger partial charge on any atom is -0.493 e. The number of aromatic nitrogens is 2. The zero-order valence-corrected chi connectivity index (χ0v) is 20.3. The van der Waals surface area contributed by atoms with Crippen molar-refractivity contribution in [3.63, 3.8) is 0 Å². The van der Waals surface area contributed by atoms with Gasteiger partial charge in [-0.15, -0.1) is 0 Å². The lowest BCUT2D eigenvalue weighted by Crippen LogP contribution is -2.38. The lowest BCUT2D eigenvalue weighted by atomic mass is 9.96. The van der Waals surface area contributed by atoms with Gasteiger partial charge >= 0.3 is 0 Å². The Balaban J connectivity index is 1.41. The Morgan fingerprint density at radius 2 is 1.62 bits per heavy atom. The van der Waals surface area contributed by atoms with Crippen molar-refractivity contribution in [3.05, 3.63) is 54.9 Å². The molecule has 9 heteroatoms. The van der Waals surface area contributed by atoms with Gasteiger partial charge in [-0.3, -0.25) is 4.79 Å². The zero-order valence-electron chi connectivity index (χ0n) is 19.5. The van der Waals surface area contributed by atoms with E-state index in [1.807, 2.05) is 18.2 Å². The Morgan fingerprint density at radius 3 is 2.24 bits per heavy atom. The molecule has 1 aliphatic rings. The van der Waals surface area contributed by atoms with Crippen LogP contribution in [0.25, 0.3) is 0 Å². The minimum atomic E-state index is -0.0998. The lowest BCUT2D eigenvalue weighted by molar-refractivity contribution is -0.120. The monoisotopic (exact) mass is 480 g/mol. The lowest BCUT2D eigenvalue weighted by Gasteiger charge is -2.32. The van der Waals surface area contributed by atoms with Crippen LogP contribution >= 0.6 is 11.8 Å². The van der Waals surface area contributed by atoms with E-state index in [0.717, 1.165) is 41.7 Å². The van der Waals surface area contributed by atoms with Crippen LogP contribution in [0.15, 0.2) is 64.8 Å². The number of nitrogens with one attached hydrogen (secondary N) is 1. The number of anilines is 2. The van der Waals surface area contributed by atoms with Crippen molar-refractivity contribution in [1.29, 1.82) is 0 Å². The smallest absolute Gasteiger partial charge is 0.227 e. The van der Waals surface area contributed by atoms with Crippen LogP contribution in [0.4, 0.5) is 11.5 Å². The standard InChI is InChI=1S/C25H28N4O4S/c1-31-20-15-18(16-21(32-2)22(20)33-3)28-24(30)17-9-13-29(14-10-17)23-25(27-12-11-26-23)34-19-7-5-4-6-8-19/h4-8,11-12,15-17H,9-10,13-14H2,1-3H3,(H,28,30). The van der Waals surface area contributed by atoms with Gasteiger partial charge in [0.15, 0.2) is 17.3 Å². The maximum Gasteiger partial charge on any atom is 0.227 e. The molecule has 0 bridgehead atoms. The summed E-state index contributed by atoms with van der Waals surface area (Å²) in [7, 11) is 4.65. The first kappa shape index (κ1) is 23.7. The summed E-state index contributed by atoms with van der Waals surface area (Å²) in [6.45, 7) is 1.46. The summed E-state index contributed by atoms with van der Waals surface area (Å²) in [6.07, 6.45) is 4.88. The first-order chi connectivity index (χ1) is 16.6.